The molecule has 2 aromatic rings. The molecule has 4 nitrogen and oxygen atoms in total. The Labute approximate surface area is 104 Å². The minimum Gasteiger partial charge on any atom is -0.404 e. The molecule has 0 bridgehead atoms. The third-order valence-electron chi connectivity index (χ3n) is 2.24. The van der Waals surface area contributed by atoms with Crippen molar-refractivity contribution in [1.82, 2.24) is 9.78 Å². The van der Waals surface area contributed by atoms with Crippen LogP contribution in [0.15, 0.2) is 30.3 Å². The van der Waals surface area contributed by atoms with Crippen molar-refractivity contribution in [2.24, 2.45) is 7.05 Å². The Morgan fingerprint density at radius 2 is 2.00 bits per heavy atom. The van der Waals surface area contributed by atoms with Gasteiger partial charge < -0.3 is 4.74 Å². The molecule has 88 valence electrons. The van der Waals surface area contributed by atoms with E-state index in [9.17, 15) is 4.79 Å². The number of hydrogen-bond donors (Lipinski definition) is 0. The van der Waals surface area contributed by atoms with Crippen LogP contribution in [0.1, 0.15) is 16.1 Å². The van der Waals surface area contributed by atoms with Crippen molar-refractivity contribution < 1.29 is 9.53 Å². The van der Waals surface area contributed by atoms with E-state index >= 15 is 0 Å². The summed E-state index contributed by atoms with van der Waals surface area (Å²) in [5.41, 5.74) is 1.25. The molecule has 5 heteroatoms. The maximum Gasteiger partial charge on any atom is 0.344 e. The lowest BCUT2D eigenvalue weighted by Gasteiger charge is -2.03. The monoisotopic (exact) mass is 250 g/mol. The highest BCUT2D eigenvalue weighted by atomic mass is 35.5. The Kier molecular flexibility index (Phi) is 3.15. The molecule has 0 atom stereocenters. The van der Waals surface area contributed by atoms with Crippen molar-refractivity contribution in [3.05, 3.63) is 46.6 Å². The fourth-order valence-electron chi connectivity index (χ4n) is 1.42. The lowest BCUT2D eigenvalue weighted by molar-refractivity contribution is 0.0720. The molecule has 0 amide bonds. The molecule has 0 spiro atoms. The van der Waals surface area contributed by atoms with Gasteiger partial charge in [-0.1, -0.05) is 11.6 Å². The van der Waals surface area contributed by atoms with E-state index in [1.54, 1.807) is 37.4 Å². The van der Waals surface area contributed by atoms with Crippen LogP contribution in [0.2, 0.25) is 5.02 Å². The highest BCUT2D eigenvalue weighted by Crippen LogP contribution is 2.15. The van der Waals surface area contributed by atoms with Crippen LogP contribution in [0.25, 0.3) is 0 Å². The molecular formula is C12H11ClN2O2. The van der Waals surface area contributed by atoms with Crippen molar-refractivity contribution >= 4 is 17.6 Å². The minimum absolute atomic E-state index is 0.419. The molecule has 1 aromatic heterocycles. The van der Waals surface area contributed by atoms with Crippen molar-refractivity contribution in [1.29, 1.82) is 0 Å². The summed E-state index contributed by atoms with van der Waals surface area (Å²) in [6.07, 6.45) is 0. The van der Waals surface area contributed by atoms with Gasteiger partial charge in [-0.15, -0.1) is 0 Å². The summed E-state index contributed by atoms with van der Waals surface area (Å²) >= 11 is 5.74. The van der Waals surface area contributed by atoms with E-state index in [2.05, 4.69) is 5.10 Å². The quantitative estimate of drug-likeness (QED) is 0.770. The number of hydrogen-bond acceptors (Lipinski definition) is 3. The topological polar surface area (TPSA) is 44.1 Å². The van der Waals surface area contributed by atoms with Crippen LogP contribution in [0, 0.1) is 6.92 Å². The van der Waals surface area contributed by atoms with Gasteiger partial charge in [-0.3, -0.25) is 0 Å². The molecule has 0 saturated heterocycles. The maximum absolute atomic E-state index is 11.8. The van der Waals surface area contributed by atoms with E-state index in [0.29, 0.717) is 16.5 Å². The highest BCUT2D eigenvalue weighted by Gasteiger charge is 2.11. The summed E-state index contributed by atoms with van der Waals surface area (Å²) in [6, 6.07) is 8.23. The Morgan fingerprint density at radius 3 is 2.53 bits per heavy atom. The molecule has 0 saturated carbocycles. The standard InChI is InChI=1S/C12H11ClN2O2/c1-8-7-11(15(2)14-8)17-12(16)9-3-5-10(13)6-4-9/h3-7H,1-2H3. The Bertz CT molecular complexity index is 546. The average Bonchev–Trinajstić information content (AvgIpc) is 2.58. The molecule has 0 aliphatic heterocycles. The highest BCUT2D eigenvalue weighted by molar-refractivity contribution is 6.30. The van der Waals surface area contributed by atoms with Gasteiger partial charge >= 0.3 is 5.97 Å². The first-order chi connectivity index (χ1) is 8.06. The fraction of sp³-hybridized carbons (Fsp3) is 0.167. The van der Waals surface area contributed by atoms with Crippen LogP contribution >= 0.6 is 11.6 Å². The molecule has 0 aliphatic carbocycles. The molecule has 0 unspecified atom stereocenters. The third kappa shape index (κ3) is 2.65. The van der Waals surface area contributed by atoms with Gasteiger partial charge in [-0.25, -0.2) is 9.48 Å². The molecule has 0 N–H and O–H groups in total. The summed E-state index contributed by atoms with van der Waals surface area (Å²) in [5, 5.41) is 4.67. The SMILES string of the molecule is Cc1cc(OC(=O)c2ccc(Cl)cc2)n(C)n1. The third-order valence-corrected chi connectivity index (χ3v) is 2.49. The summed E-state index contributed by atoms with van der Waals surface area (Å²) in [4.78, 5) is 11.8. The van der Waals surface area contributed by atoms with Crippen molar-refractivity contribution in [3.8, 4) is 5.88 Å². The molecule has 17 heavy (non-hydrogen) atoms. The molecule has 1 aromatic carbocycles. The molecule has 0 fully saturated rings. The van der Waals surface area contributed by atoms with Gasteiger partial charge in [0.25, 0.3) is 0 Å². The Morgan fingerprint density at radius 1 is 1.35 bits per heavy atom. The number of esters is 1. The smallest absolute Gasteiger partial charge is 0.344 e. The zero-order valence-corrected chi connectivity index (χ0v) is 10.2. The van der Waals surface area contributed by atoms with E-state index in [1.165, 1.54) is 4.68 Å². The minimum atomic E-state index is -0.426. The predicted octanol–water partition coefficient (Wildman–Crippen LogP) is 2.60. The lowest BCUT2D eigenvalue weighted by Crippen LogP contribution is -2.10. The van der Waals surface area contributed by atoms with Crippen molar-refractivity contribution in [2.45, 2.75) is 6.92 Å². The van der Waals surface area contributed by atoms with Crippen molar-refractivity contribution in [3.63, 3.8) is 0 Å². The van der Waals surface area contributed by atoms with Crippen LogP contribution in [0.4, 0.5) is 0 Å². The van der Waals surface area contributed by atoms with Crippen LogP contribution in [0.5, 0.6) is 5.88 Å². The molecule has 1 heterocycles. The second kappa shape index (κ2) is 4.59. The molecule has 2 rings (SSSR count). The molecular weight excluding hydrogens is 240 g/mol. The number of carbonyl (C=O) groups is 1. The molecule has 0 radical (unpaired) electrons. The van der Waals surface area contributed by atoms with Gasteiger partial charge in [0.2, 0.25) is 5.88 Å². The maximum atomic E-state index is 11.8. The van der Waals surface area contributed by atoms with E-state index in [0.717, 1.165) is 5.69 Å². The van der Waals surface area contributed by atoms with Crippen LogP contribution in [-0.2, 0) is 7.05 Å². The van der Waals surface area contributed by atoms with Gasteiger partial charge in [-0.05, 0) is 31.2 Å². The number of ether oxygens (including phenoxy) is 1. The van der Waals surface area contributed by atoms with E-state index < -0.39 is 5.97 Å². The summed E-state index contributed by atoms with van der Waals surface area (Å²) in [6.45, 7) is 1.83. The first kappa shape index (κ1) is 11.7. The zero-order valence-electron chi connectivity index (χ0n) is 9.48. The van der Waals surface area contributed by atoms with Gasteiger partial charge in [0, 0.05) is 18.1 Å². The van der Waals surface area contributed by atoms with Crippen LogP contribution < -0.4 is 4.74 Å². The van der Waals surface area contributed by atoms with E-state index in [-0.39, 0.29) is 0 Å². The number of aryl methyl sites for hydroxylation is 2. The fourth-order valence-corrected chi connectivity index (χ4v) is 1.55. The lowest BCUT2D eigenvalue weighted by atomic mass is 10.2. The summed E-state index contributed by atoms with van der Waals surface area (Å²) in [5.74, 6) is -0.00730. The first-order valence-corrected chi connectivity index (χ1v) is 5.42. The number of carbonyl (C=O) groups excluding carboxylic acids is 1. The van der Waals surface area contributed by atoms with Gasteiger partial charge in [0.15, 0.2) is 0 Å². The molecule has 0 aliphatic rings. The van der Waals surface area contributed by atoms with Gasteiger partial charge in [0.1, 0.15) is 0 Å². The van der Waals surface area contributed by atoms with Crippen LogP contribution in [0.3, 0.4) is 0 Å². The second-order valence-corrected chi connectivity index (χ2v) is 4.08. The van der Waals surface area contributed by atoms with E-state index in [1.807, 2.05) is 6.92 Å². The van der Waals surface area contributed by atoms with Crippen LogP contribution in [-0.4, -0.2) is 15.7 Å². The number of nitrogens with zero attached hydrogens (tertiary/aromatic N) is 2. The zero-order chi connectivity index (χ0) is 12.4. The first-order valence-electron chi connectivity index (χ1n) is 5.04. The normalized spacial score (nSPS) is 10.3. The van der Waals surface area contributed by atoms with Gasteiger partial charge in [0.05, 0.1) is 11.3 Å². The number of halogens is 1. The average molecular weight is 251 g/mol. The van der Waals surface area contributed by atoms with Gasteiger partial charge in [-0.2, -0.15) is 5.10 Å². The Hall–Kier alpha value is -1.81. The number of aromatic nitrogens is 2. The van der Waals surface area contributed by atoms with Crippen molar-refractivity contribution in [2.75, 3.05) is 0 Å². The van der Waals surface area contributed by atoms with E-state index in [4.69, 9.17) is 16.3 Å². The summed E-state index contributed by atoms with van der Waals surface area (Å²) < 4.78 is 6.73. The predicted molar refractivity (Wildman–Crippen MR) is 64.4 cm³/mol. The Balaban J connectivity index is 2.17. The largest absolute Gasteiger partial charge is 0.404 e. The second-order valence-electron chi connectivity index (χ2n) is 3.64. The number of rotatable bonds is 2. The number of benzene rings is 1. The summed E-state index contributed by atoms with van der Waals surface area (Å²) in [7, 11) is 1.72.